The van der Waals surface area contributed by atoms with E-state index in [1.54, 1.807) is 0 Å². The van der Waals surface area contributed by atoms with Crippen LogP contribution in [0.1, 0.15) is 24.3 Å². The summed E-state index contributed by atoms with van der Waals surface area (Å²) < 4.78 is 32.7. The van der Waals surface area contributed by atoms with Crippen molar-refractivity contribution in [3.63, 3.8) is 0 Å². The minimum Gasteiger partial charge on any atom is -0.459 e. The van der Waals surface area contributed by atoms with Gasteiger partial charge in [0, 0.05) is 10.9 Å². The Morgan fingerprint density at radius 1 is 1.10 bits per heavy atom. The van der Waals surface area contributed by atoms with Crippen molar-refractivity contribution in [1.29, 1.82) is 0 Å². The van der Waals surface area contributed by atoms with E-state index in [-0.39, 0.29) is 11.7 Å². The van der Waals surface area contributed by atoms with Gasteiger partial charge in [-0.15, -0.1) is 0 Å². The highest BCUT2D eigenvalue weighted by atomic mass is 19.1. The molecular weight excluding hydrogens is 272 g/mol. The van der Waals surface area contributed by atoms with Gasteiger partial charge in [-0.3, -0.25) is 0 Å². The van der Waals surface area contributed by atoms with Crippen LogP contribution in [0, 0.1) is 18.6 Å². The van der Waals surface area contributed by atoms with E-state index in [0.717, 1.165) is 40.5 Å². The molecular formula is C17H15F2NO. The minimum atomic E-state index is -0.489. The van der Waals surface area contributed by atoms with Crippen molar-refractivity contribution in [2.75, 3.05) is 5.32 Å². The van der Waals surface area contributed by atoms with E-state index >= 15 is 0 Å². The molecule has 1 heterocycles. The molecule has 1 atom stereocenters. The molecule has 0 amide bonds. The number of anilines is 1. The predicted octanol–water partition coefficient (Wildman–Crippen LogP) is 5.19. The molecule has 0 saturated carbocycles. The van der Waals surface area contributed by atoms with Gasteiger partial charge in [0.15, 0.2) is 0 Å². The first-order valence-corrected chi connectivity index (χ1v) is 6.76. The number of aryl methyl sites for hydroxylation is 1. The topological polar surface area (TPSA) is 25.2 Å². The van der Waals surface area contributed by atoms with Gasteiger partial charge in [-0.1, -0.05) is 18.2 Å². The van der Waals surface area contributed by atoms with Gasteiger partial charge in [-0.05, 0) is 38.1 Å². The molecule has 2 aromatic carbocycles. The Bertz CT molecular complexity index is 795. The quantitative estimate of drug-likeness (QED) is 0.717. The fourth-order valence-electron chi connectivity index (χ4n) is 2.51. The van der Waals surface area contributed by atoms with Crippen molar-refractivity contribution >= 4 is 16.7 Å². The molecule has 0 saturated heterocycles. The molecule has 1 aromatic heterocycles. The zero-order chi connectivity index (χ0) is 15.0. The number of para-hydroxylation sites is 1. The van der Waals surface area contributed by atoms with Crippen molar-refractivity contribution in [2.24, 2.45) is 0 Å². The summed E-state index contributed by atoms with van der Waals surface area (Å²) in [6, 6.07) is 10.8. The van der Waals surface area contributed by atoms with Gasteiger partial charge in [-0.25, -0.2) is 8.78 Å². The van der Waals surface area contributed by atoms with Crippen molar-refractivity contribution in [1.82, 2.24) is 0 Å². The van der Waals surface area contributed by atoms with Crippen LogP contribution in [0.3, 0.4) is 0 Å². The lowest BCUT2D eigenvalue weighted by Gasteiger charge is -2.14. The fourth-order valence-corrected chi connectivity index (χ4v) is 2.51. The first kappa shape index (κ1) is 13.6. The summed E-state index contributed by atoms with van der Waals surface area (Å²) in [5.41, 5.74) is 1.92. The van der Waals surface area contributed by atoms with Gasteiger partial charge < -0.3 is 9.73 Å². The molecule has 1 unspecified atom stereocenters. The van der Waals surface area contributed by atoms with E-state index in [1.165, 1.54) is 0 Å². The van der Waals surface area contributed by atoms with Crippen LogP contribution in [0.4, 0.5) is 14.5 Å². The summed E-state index contributed by atoms with van der Waals surface area (Å²) in [5, 5.41) is 3.99. The Morgan fingerprint density at radius 2 is 1.86 bits per heavy atom. The van der Waals surface area contributed by atoms with Crippen molar-refractivity contribution in [2.45, 2.75) is 19.9 Å². The predicted molar refractivity (Wildman–Crippen MR) is 79.3 cm³/mol. The molecule has 0 spiro atoms. The van der Waals surface area contributed by atoms with Crippen LogP contribution in [0.15, 0.2) is 46.9 Å². The lowest BCUT2D eigenvalue weighted by atomic mass is 10.1. The number of fused-ring (bicyclic) bond motifs is 1. The third kappa shape index (κ3) is 2.49. The fraction of sp³-hybridized carbons (Fsp3) is 0.176. The average Bonchev–Trinajstić information content (AvgIpc) is 2.81. The van der Waals surface area contributed by atoms with Crippen LogP contribution in [0.5, 0.6) is 0 Å². The van der Waals surface area contributed by atoms with E-state index in [0.29, 0.717) is 0 Å². The normalized spacial score (nSPS) is 12.6. The lowest BCUT2D eigenvalue weighted by molar-refractivity contribution is 0.519. The van der Waals surface area contributed by atoms with E-state index in [4.69, 9.17) is 4.42 Å². The zero-order valence-corrected chi connectivity index (χ0v) is 11.8. The Hall–Kier alpha value is -2.36. The Labute approximate surface area is 121 Å². The number of benzene rings is 2. The maximum atomic E-state index is 13.7. The van der Waals surface area contributed by atoms with E-state index < -0.39 is 11.6 Å². The standard InChI is InChI=1S/C17H15F2NO/c1-10-13-5-3-4-6-16(13)21-17(10)11(2)20-15-9-12(18)7-8-14(15)19/h3-9,11,20H,1-2H3. The Balaban J connectivity index is 1.95. The first-order valence-electron chi connectivity index (χ1n) is 6.76. The maximum absolute atomic E-state index is 13.7. The number of hydrogen-bond acceptors (Lipinski definition) is 2. The molecule has 0 bridgehead atoms. The van der Waals surface area contributed by atoms with E-state index in [1.807, 2.05) is 38.1 Å². The van der Waals surface area contributed by atoms with Gasteiger partial charge in [0.25, 0.3) is 0 Å². The SMILES string of the molecule is Cc1c(C(C)Nc2cc(F)ccc2F)oc2ccccc12. The van der Waals surface area contributed by atoms with Crippen LogP contribution in [-0.2, 0) is 0 Å². The van der Waals surface area contributed by atoms with Crippen molar-refractivity contribution < 1.29 is 13.2 Å². The van der Waals surface area contributed by atoms with E-state index in [9.17, 15) is 8.78 Å². The van der Waals surface area contributed by atoms with Crippen LogP contribution in [0.2, 0.25) is 0 Å². The summed E-state index contributed by atoms with van der Waals surface area (Å²) in [6.07, 6.45) is 0. The molecule has 0 aliphatic heterocycles. The molecule has 0 fully saturated rings. The molecule has 1 N–H and O–H groups in total. The lowest BCUT2D eigenvalue weighted by Crippen LogP contribution is -2.08. The molecule has 21 heavy (non-hydrogen) atoms. The molecule has 2 nitrogen and oxygen atoms in total. The Kier molecular flexibility index (Phi) is 3.37. The van der Waals surface area contributed by atoms with Gasteiger partial charge >= 0.3 is 0 Å². The molecule has 0 aliphatic carbocycles. The van der Waals surface area contributed by atoms with E-state index in [2.05, 4.69) is 5.32 Å². The molecule has 3 rings (SSSR count). The first-order chi connectivity index (χ1) is 10.1. The summed E-state index contributed by atoms with van der Waals surface area (Å²) >= 11 is 0. The summed E-state index contributed by atoms with van der Waals surface area (Å²) in [4.78, 5) is 0. The number of furan rings is 1. The maximum Gasteiger partial charge on any atom is 0.146 e. The van der Waals surface area contributed by atoms with Gasteiger partial charge in [0.2, 0.25) is 0 Å². The summed E-state index contributed by atoms with van der Waals surface area (Å²) in [7, 11) is 0. The Morgan fingerprint density at radius 3 is 2.62 bits per heavy atom. The molecule has 108 valence electrons. The monoisotopic (exact) mass is 287 g/mol. The second-order valence-electron chi connectivity index (χ2n) is 5.08. The third-order valence-corrected chi connectivity index (χ3v) is 3.57. The largest absolute Gasteiger partial charge is 0.459 e. The molecule has 0 radical (unpaired) electrons. The third-order valence-electron chi connectivity index (χ3n) is 3.57. The summed E-state index contributed by atoms with van der Waals surface area (Å²) in [5.74, 6) is -0.246. The average molecular weight is 287 g/mol. The van der Waals surface area contributed by atoms with Crippen molar-refractivity contribution in [3.05, 3.63) is 65.4 Å². The number of hydrogen-bond donors (Lipinski definition) is 1. The number of rotatable bonds is 3. The second kappa shape index (κ2) is 5.20. The smallest absolute Gasteiger partial charge is 0.146 e. The van der Waals surface area contributed by atoms with Gasteiger partial charge in [-0.2, -0.15) is 0 Å². The highest BCUT2D eigenvalue weighted by molar-refractivity contribution is 5.82. The van der Waals surface area contributed by atoms with Crippen molar-refractivity contribution in [3.8, 4) is 0 Å². The van der Waals surface area contributed by atoms with Crippen LogP contribution in [0.25, 0.3) is 11.0 Å². The second-order valence-corrected chi connectivity index (χ2v) is 5.08. The van der Waals surface area contributed by atoms with Gasteiger partial charge in [0.1, 0.15) is 23.0 Å². The van der Waals surface area contributed by atoms with Crippen LogP contribution in [-0.4, -0.2) is 0 Å². The molecule has 0 aliphatic rings. The van der Waals surface area contributed by atoms with Crippen LogP contribution >= 0.6 is 0 Å². The zero-order valence-electron chi connectivity index (χ0n) is 11.8. The highest BCUT2D eigenvalue weighted by Crippen LogP contribution is 2.31. The van der Waals surface area contributed by atoms with Gasteiger partial charge in [0.05, 0.1) is 11.7 Å². The minimum absolute atomic E-state index is 0.127. The molecule has 3 aromatic rings. The highest BCUT2D eigenvalue weighted by Gasteiger charge is 2.17. The number of nitrogens with one attached hydrogen (secondary N) is 1. The molecule has 4 heteroatoms. The number of halogens is 2. The van der Waals surface area contributed by atoms with Crippen LogP contribution < -0.4 is 5.32 Å². The summed E-state index contributed by atoms with van der Waals surface area (Å²) in [6.45, 7) is 3.82.